The van der Waals surface area contributed by atoms with Crippen molar-refractivity contribution in [3.05, 3.63) is 70.9 Å². The maximum Gasteiger partial charge on any atom is 0.255 e. The number of hydrogen-bond donors (Lipinski definition) is 2. The predicted molar refractivity (Wildman–Crippen MR) is 105 cm³/mol. The van der Waals surface area contributed by atoms with E-state index in [0.29, 0.717) is 17.2 Å². The third-order valence-corrected chi connectivity index (χ3v) is 4.70. The van der Waals surface area contributed by atoms with Gasteiger partial charge in [-0.15, -0.1) is 0 Å². The summed E-state index contributed by atoms with van der Waals surface area (Å²) in [7, 11) is 1.61. The highest BCUT2D eigenvalue weighted by Crippen LogP contribution is 2.35. The minimum Gasteiger partial charge on any atom is -0.497 e. The SMILES string of the molecule is COc1ccc([C@H]2C(C(=O)Nc3ccc(C)cc3)=C(C)Nc3nnnn32)cc1. The largest absolute Gasteiger partial charge is 0.497 e. The molecular weight excluding hydrogens is 356 g/mol. The molecule has 142 valence electrons. The lowest BCUT2D eigenvalue weighted by Crippen LogP contribution is -2.31. The molecule has 1 atom stereocenters. The number of tetrazole rings is 1. The zero-order chi connectivity index (χ0) is 19.7. The summed E-state index contributed by atoms with van der Waals surface area (Å²) in [5.41, 5.74) is 3.98. The topological polar surface area (TPSA) is 94.0 Å². The lowest BCUT2D eigenvalue weighted by Gasteiger charge is -2.28. The van der Waals surface area contributed by atoms with Crippen LogP contribution in [0.15, 0.2) is 59.8 Å². The van der Waals surface area contributed by atoms with E-state index in [0.717, 1.165) is 22.6 Å². The van der Waals surface area contributed by atoms with Gasteiger partial charge in [-0.2, -0.15) is 4.68 Å². The molecule has 0 radical (unpaired) electrons. The zero-order valence-electron chi connectivity index (χ0n) is 15.8. The smallest absolute Gasteiger partial charge is 0.255 e. The number of aromatic nitrogens is 4. The highest BCUT2D eigenvalue weighted by Gasteiger charge is 2.34. The normalized spacial score (nSPS) is 15.6. The number of hydrogen-bond acceptors (Lipinski definition) is 6. The third kappa shape index (κ3) is 3.20. The van der Waals surface area contributed by atoms with Crippen molar-refractivity contribution in [3.8, 4) is 5.75 Å². The first-order chi connectivity index (χ1) is 13.6. The van der Waals surface area contributed by atoms with Crippen molar-refractivity contribution in [1.82, 2.24) is 20.2 Å². The van der Waals surface area contributed by atoms with Crippen molar-refractivity contribution < 1.29 is 9.53 Å². The molecular formula is C20H20N6O2. The molecule has 1 aliphatic rings. The molecule has 4 rings (SSSR count). The van der Waals surface area contributed by atoms with Crippen LogP contribution < -0.4 is 15.4 Å². The Morgan fingerprint density at radius 3 is 2.50 bits per heavy atom. The Labute approximate surface area is 162 Å². The van der Waals surface area contributed by atoms with Gasteiger partial charge in [-0.3, -0.25) is 4.79 Å². The second-order valence-corrected chi connectivity index (χ2v) is 6.61. The van der Waals surface area contributed by atoms with E-state index in [1.54, 1.807) is 11.8 Å². The summed E-state index contributed by atoms with van der Waals surface area (Å²) in [6, 6.07) is 14.7. The maximum atomic E-state index is 13.2. The minimum absolute atomic E-state index is 0.212. The standard InChI is InChI=1S/C20H20N6O2/c1-12-4-8-15(9-5-12)22-19(27)17-13(2)21-20-23-24-25-26(20)18(17)14-6-10-16(28-3)11-7-14/h4-11,18H,1-3H3,(H,22,27)(H,21,23,25)/t18-/m0/s1. The number of anilines is 2. The van der Waals surface area contributed by atoms with Gasteiger partial charge in [-0.1, -0.05) is 34.9 Å². The number of aryl methyl sites for hydroxylation is 1. The van der Waals surface area contributed by atoms with E-state index in [1.165, 1.54) is 0 Å². The lowest BCUT2D eigenvalue weighted by molar-refractivity contribution is -0.113. The molecule has 0 spiro atoms. The number of nitrogens with one attached hydrogen (secondary N) is 2. The number of benzene rings is 2. The first kappa shape index (κ1) is 17.7. The van der Waals surface area contributed by atoms with E-state index < -0.39 is 6.04 Å². The van der Waals surface area contributed by atoms with Crippen molar-refractivity contribution in [3.63, 3.8) is 0 Å². The number of ether oxygens (including phenoxy) is 1. The molecule has 2 aromatic carbocycles. The fraction of sp³-hybridized carbons (Fsp3) is 0.200. The average Bonchev–Trinajstić information content (AvgIpc) is 3.16. The molecule has 8 nitrogen and oxygen atoms in total. The van der Waals surface area contributed by atoms with Gasteiger partial charge < -0.3 is 15.4 Å². The Balaban J connectivity index is 1.73. The van der Waals surface area contributed by atoms with Gasteiger partial charge in [0.2, 0.25) is 5.95 Å². The highest BCUT2D eigenvalue weighted by molar-refractivity contribution is 6.06. The van der Waals surface area contributed by atoms with Crippen LogP contribution in [0, 0.1) is 6.92 Å². The van der Waals surface area contributed by atoms with Gasteiger partial charge in [0.15, 0.2) is 0 Å². The van der Waals surface area contributed by atoms with Crippen molar-refractivity contribution in [2.24, 2.45) is 0 Å². The molecule has 8 heteroatoms. The summed E-state index contributed by atoms with van der Waals surface area (Å²) in [4.78, 5) is 13.2. The second-order valence-electron chi connectivity index (χ2n) is 6.61. The lowest BCUT2D eigenvalue weighted by atomic mass is 9.95. The molecule has 0 fully saturated rings. The molecule has 3 aromatic rings. The molecule has 1 aliphatic heterocycles. The van der Waals surface area contributed by atoms with Crippen LogP contribution in [0.3, 0.4) is 0 Å². The van der Waals surface area contributed by atoms with Crippen molar-refractivity contribution in [2.75, 3.05) is 17.7 Å². The van der Waals surface area contributed by atoms with Crippen LogP contribution >= 0.6 is 0 Å². The zero-order valence-corrected chi connectivity index (χ0v) is 15.8. The fourth-order valence-electron chi connectivity index (χ4n) is 3.24. The third-order valence-electron chi connectivity index (χ3n) is 4.70. The number of nitrogens with zero attached hydrogens (tertiary/aromatic N) is 4. The number of fused-ring (bicyclic) bond motifs is 1. The number of methoxy groups -OCH3 is 1. The average molecular weight is 376 g/mol. The van der Waals surface area contributed by atoms with Gasteiger partial charge in [-0.25, -0.2) is 0 Å². The number of carbonyl (C=O) groups is 1. The van der Waals surface area contributed by atoms with E-state index in [9.17, 15) is 4.79 Å². The van der Waals surface area contributed by atoms with Crippen LogP contribution in [0.25, 0.3) is 0 Å². The molecule has 0 aliphatic carbocycles. The Morgan fingerprint density at radius 1 is 1.11 bits per heavy atom. The minimum atomic E-state index is -0.456. The predicted octanol–water partition coefficient (Wildman–Crippen LogP) is 2.92. The van der Waals surface area contributed by atoms with Crippen LogP contribution in [0.5, 0.6) is 5.75 Å². The molecule has 1 amide bonds. The van der Waals surface area contributed by atoms with Gasteiger partial charge in [0.25, 0.3) is 5.91 Å². The molecule has 1 aromatic heterocycles. The fourth-order valence-corrected chi connectivity index (χ4v) is 3.24. The number of amides is 1. The molecule has 0 bridgehead atoms. The van der Waals surface area contributed by atoms with Gasteiger partial charge in [-0.05, 0) is 54.1 Å². The van der Waals surface area contributed by atoms with Crippen molar-refractivity contribution in [1.29, 1.82) is 0 Å². The Morgan fingerprint density at radius 2 is 1.82 bits per heavy atom. The monoisotopic (exact) mass is 376 g/mol. The molecule has 0 saturated carbocycles. The van der Waals surface area contributed by atoms with Gasteiger partial charge in [0.1, 0.15) is 11.8 Å². The first-order valence-electron chi connectivity index (χ1n) is 8.84. The van der Waals surface area contributed by atoms with E-state index in [-0.39, 0.29) is 5.91 Å². The van der Waals surface area contributed by atoms with Gasteiger partial charge in [0, 0.05) is 11.4 Å². The van der Waals surface area contributed by atoms with E-state index in [2.05, 4.69) is 26.2 Å². The quantitative estimate of drug-likeness (QED) is 0.727. The van der Waals surface area contributed by atoms with Crippen LogP contribution in [0.1, 0.15) is 24.1 Å². The van der Waals surface area contributed by atoms with Crippen LogP contribution in [-0.2, 0) is 4.79 Å². The number of carbonyl (C=O) groups excluding carboxylic acids is 1. The number of rotatable bonds is 4. The van der Waals surface area contributed by atoms with Gasteiger partial charge in [0.05, 0.1) is 12.7 Å². The maximum absolute atomic E-state index is 13.2. The molecule has 28 heavy (non-hydrogen) atoms. The van der Waals surface area contributed by atoms with E-state index >= 15 is 0 Å². The first-order valence-corrected chi connectivity index (χ1v) is 8.84. The summed E-state index contributed by atoms with van der Waals surface area (Å²) in [5, 5.41) is 17.9. The summed E-state index contributed by atoms with van der Waals surface area (Å²) in [6.07, 6.45) is 0. The molecule has 2 heterocycles. The van der Waals surface area contributed by atoms with Crippen LogP contribution in [0.4, 0.5) is 11.6 Å². The highest BCUT2D eigenvalue weighted by atomic mass is 16.5. The Kier molecular flexibility index (Phi) is 4.52. The molecule has 2 N–H and O–H groups in total. The summed E-state index contributed by atoms with van der Waals surface area (Å²) >= 11 is 0. The van der Waals surface area contributed by atoms with Crippen molar-refractivity contribution >= 4 is 17.5 Å². The summed E-state index contributed by atoms with van der Waals surface area (Å²) in [6.45, 7) is 3.85. The Hall–Kier alpha value is -3.68. The summed E-state index contributed by atoms with van der Waals surface area (Å²) < 4.78 is 6.85. The summed E-state index contributed by atoms with van der Waals surface area (Å²) in [5.74, 6) is 1.02. The number of allylic oxidation sites excluding steroid dienone is 1. The molecule has 0 saturated heterocycles. The Bertz CT molecular complexity index is 1040. The van der Waals surface area contributed by atoms with E-state index in [1.807, 2.05) is 62.4 Å². The van der Waals surface area contributed by atoms with Crippen LogP contribution in [-0.4, -0.2) is 33.2 Å². The molecule has 0 unspecified atom stereocenters. The van der Waals surface area contributed by atoms with Gasteiger partial charge >= 0.3 is 0 Å². The van der Waals surface area contributed by atoms with E-state index in [4.69, 9.17) is 4.74 Å². The second kappa shape index (κ2) is 7.15. The van der Waals surface area contributed by atoms with Crippen molar-refractivity contribution in [2.45, 2.75) is 19.9 Å². The van der Waals surface area contributed by atoms with Crippen LogP contribution in [0.2, 0.25) is 0 Å².